The fraction of sp³-hybridized carbons (Fsp3) is 0.484. The third kappa shape index (κ3) is 6.68. The summed E-state index contributed by atoms with van der Waals surface area (Å²) in [6.07, 6.45) is 5.52. The second-order valence-electron chi connectivity index (χ2n) is 11.6. The molecular weight excluding hydrogens is 484 g/mol. The van der Waals surface area contributed by atoms with Crippen LogP contribution in [-0.2, 0) is 29.5 Å². The summed E-state index contributed by atoms with van der Waals surface area (Å²) in [5.74, 6) is -0.703. The maximum atomic E-state index is 14.1. The number of amides is 1. The van der Waals surface area contributed by atoms with E-state index in [1.54, 1.807) is 6.26 Å². The maximum Gasteiger partial charge on any atom is 0.242 e. The highest BCUT2D eigenvalue weighted by Crippen LogP contribution is 2.29. The molecule has 1 aromatic heterocycles. The highest BCUT2D eigenvalue weighted by Gasteiger charge is 2.28. The van der Waals surface area contributed by atoms with Crippen molar-refractivity contribution in [3.63, 3.8) is 0 Å². The quantitative estimate of drug-likeness (QED) is 0.322. The van der Waals surface area contributed by atoms with Crippen molar-refractivity contribution in [1.82, 2.24) is 10.5 Å². The lowest BCUT2D eigenvalue weighted by Crippen LogP contribution is -2.48. The maximum absolute atomic E-state index is 14.1. The van der Waals surface area contributed by atoms with E-state index in [9.17, 15) is 13.6 Å². The zero-order valence-corrected chi connectivity index (χ0v) is 23.0. The third-order valence-electron chi connectivity index (χ3n) is 7.52. The van der Waals surface area contributed by atoms with Crippen molar-refractivity contribution in [3.05, 3.63) is 82.1 Å². The van der Waals surface area contributed by atoms with Crippen LogP contribution in [0.15, 0.2) is 47.2 Å². The SMILES string of the molecule is CCC[C@H](NC1CCc2c(F)cc(F)cc2C1)C(=O)Nc1nocc1C(C)Cc1ccc(C(C)(C)C)cc1. The van der Waals surface area contributed by atoms with Gasteiger partial charge >= 0.3 is 0 Å². The van der Waals surface area contributed by atoms with E-state index in [4.69, 9.17) is 4.52 Å². The van der Waals surface area contributed by atoms with Crippen molar-refractivity contribution in [2.24, 2.45) is 0 Å². The van der Waals surface area contributed by atoms with E-state index in [0.717, 1.165) is 24.5 Å². The number of rotatable bonds is 9. The molecule has 2 unspecified atom stereocenters. The standard InChI is InChI=1S/C31H39F2N3O2/c1-6-7-28(34-24-12-13-25-21(16-24)15-23(32)17-27(25)33)30(37)35-29-26(18-38-36-29)19(2)14-20-8-10-22(11-9-20)31(3,4)5/h8-11,15,17-19,24,28,34H,6-7,12-14,16H2,1-5H3,(H,35,36,37)/t19?,24?,28-/m0/s1. The molecule has 0 spiro atoms. The lowest BCUT2D eigenvalue weighted by Gasteiger charge is -2.29. The smallest absolute Gasteiger partial charge is 0.242 e. The van der Waals surface area contributed by atoms with Crippen LogP contribution in [0.2, 0.25) is 0 Å². The number of anilines is 1. The monoisotopic (exact) mass is 523 g/mol. The van der Waals surface area contributed by atoms with Crippen LogP contribution < -0.4 is 10.6 Å². The molecule has 0 aliphatic heterocycles. The Kier molecular flexibility index (Phi) is 8.66. The minimum absolute atomic E-state index is 0.0437. The molecule has 4 rings (SSSR count). The van der Waals surface area contributed by atoms with Gasteiger partial charge < -0.3 is 15.2 Å². The number of fused-ring (bicyclic) bond motifs is 1. The molecule has 204 valence electrons. The van der Waals surface area contributed by atoms with Crippen LogP contribution in [0.4, 0.5) is 14.6 Å². The normalized spacial score (nSPS) is 17.1. The Morgan fingerprint density at radius 3 is 2.61 bits per heavy atom. The van der Waals surface area contributed by atoms with Gasteiger partial charge in [0.15, 0.2) is 5.82 Å². The zero-order valence-electron chi connectivity index (χ0n) is 23.0. The van der Waals surface area contributed by atoms with Crippen LogP contribution >= 0.6 is 0 Å². The number of nitrogens with zero attached hydrogens (tertiary/aromatic N) is 1. The predicted octanol–water partition coefficient (Wildman–Crippen LogP) is 6.85. The molecule has 0 saturated carbocycles. The van der Waals surface area contributed by atoms with Gasteiger partial charge in [0.1, 0.15) is 17.9 Å². The molecule has 2 aromatic carbocycles. The largest absolute Gasteiger partial charge is 0.362 e. The summed E-state index contributed by atoms with van der Waals surface area (Å²) in [6, 6.07) is 10.5. The second kappa shape index (κ2) is 11.8. The van der Waals surface area contributed by atoms with E-state index in [1.807, 2.05) is 6.92 Å². The minimum atomic E-state index is -0.567. The topological polar surface area (TPSA) is 67.2 Å². The Bertz CT molecular complexity index is 1250. The molecule has 3 atom stereocenters. The van der Waals surface area contributed by atoms with E-state index in [-0.39, 0.29) is 23.3 Å². The fourth-order valence-electron chi connectivity index (χ4n) is 5.31. The van der Waals surface area contributed by atoms with E-state index in [0.29, 0.717) is 42.6 Å². The van der Waals surface area contributed by atoms with E-state index >= 15 is 0 Å². The lowest BCUT2D eigenvalue weighted by molar-refractivity contribution is -0.118. The molecule has 1 heterocycles. The zero-order chi connectivity index (χ0) is 27.4. The minimum Gasteiger partial charge on any atom is -0.362 e. The molecule has 0 saturated heterocycles. The van der Waals surface area contributed by atoms with Crippen molar-refractivity contribution < 1.29 is 18.1 Å². The number of carbonyl (C=O) groups is 1. The van der Waals surface area contributed by atoms with Crippen LogP contribution in [0.25, 0.3) is 0 Å². The summed E-state index contributed by atoms with van der Waals surface area (Å²) in [4.78, 5) is 13.3. The van der Waals surface area contributed by atoms with Crippen molar-refractivity contribution in [2.75, 3.05) is 5.32 Å². The molecule has 0 fully saturated rings. The summed E-state index contributed by atoms with van der Waals surface area (Å²) in [5, 5.41) is 10.5. The van der Waals surface area contributed by atoms with Crippen LogP contribution in [0.3, 0.4) is 0 Å². The van der Waals surface area contributed by atoms with E-state index in [1.165, 1.54) is 17.2 Å². The average molecular weight is 524 g/mol. The summed E-state index contributed by atoms with van der Waals surface area (Å²) >= 11 is 0. The number of nitrogens with one attached hydrogen (secondary N) is 2. The van der Waals surface area contributed by atoms with Crippen LogP contribution in [0, 0.1) is 11.6 Å². The number of hydrogen-bond donors (Lipinski definition) is 2. The first-order chi connectivity index (χ1) is 18.0. The van der Waals surface area contributed by atoms with Gasteiger partial charge in [-0.3, -0.25) is 4.79 Å². The molecule has 7 heteroatoms. The number of halogens is 2. The highest BCUT2D eigenvalue weighted by atomic mass is 19.1. The molecule has 2 N–H and O–H groups in total. The van der Waals surface area contributed by atoms with Crippen LogP contribution in [0.5, 0.6) is 0 Å². The van der Waals surface area contributed by atoms with Crippen molar-refractivity contribution in [2.45, 2.75) is 96.6 Å². The average Bonchev–Trinajstić information content (AvgIpc) is 3.31. The molecule has 0 radical (unpaired) electrons. The van der Waals surface area contributed by atoms with Gasteiger partial charge in [0, 0.05) is 17.7 Å². The Morgan fingerprint density at radius 1 is 1.18 bits per heavy atom. The van der Waals surface area contributed by atoms with Gasteiger partial charge in [0.25, 0.3) is 0 Å². The number of benzene rings is 2. The molecule has 38 heavy (non-hydrogen) atoms. The fourth-order valence-corrected chi connectivity index (χ4v) is 5.31. The number of hydrogen-bond acceptors (Lipinski definition) is 4. The molecule has 1 aliphatic rings. The first kappa shape index (κ1) is 28.0. The van der Waals surface area contributed by atoms with Gasteiger partial charge in [0.05, 0.1) is 6.04 Å². The molecule has 1 amide bonds. The van der Waals surface area contributed by atoms with Gasteiger partial charge in [-0.1, -0.05) is 70.5 Å². The van der Waals surface area contributed by atoms with Crippen molar-refractivity contribution in [3.8, 4) is 0 Å². The van der Waals surface area contributed by atoms with Gasteiger partial charge in [-0.25, -0.2) is 8.78 Å². The number of carbonyl (C=O) groups excluding carboxylic acids is 1. The second-order valence-corrected chi connectivity index (χ2v) is 11.6. The molecule has 3 aromatic rings. The summed E-state index contributed by atoms with van der Waals surface area (Å²) < 4.78 is 33.2. The molecule has 5 nitrogen and oxygen atoms in total. The lowest BCUT2D eigenvalue weighted by atomic mass is 9.86. The van der Waals surface area contributed by atoms with E-state index in [2.05, 4.69) is 67.8 Å². The van der Waals surface area contributed by atoms with Crippen LogP contribution in [-0.4, -0.2) is 23.1 Å². The van der Waals surface area contributed by atoms with Gasteiger partial charge in [0.2, 0.25) is 5.91 Å². The first-order valence-corrected chi connectivity index (χ1v) is 13.6. The van der Waals surface area contributed by atoms with Gasteiger partial charge in [-0.05, 0) is 71.8 Å². The Morgan fingerprint density at radius 2 is 1.92 bits per heavy atom. The van der Waals surface area contributed by atoms with E-state index < -0.39 is 17.7 Å². The summed E-state index contributed by atoms with van der Waals surface area (Å²) in [6.45, 7) is 10.7. The first-order valence-electron chi connectivity index (χ1n) is 13.6. The Labute approximate surface area is 224 Å². The van der Waals surface area contributed by atoms with Gasteiger partial charge in [-0.2, -0.15) is 0 Å². The molecular formula is C31H39F2N3O2. The molecule has 0 bridgehead atoms. The van der Waals surface area contributed by atoms with Gasteiger partial charge in [-0.15, -0.1) is 0 Å². The van der Waals surface area contributed by atoms with Crippen molar-refractivity contribution in [1.29, 1.82) is 0 Å². The Balaban J connectivity index is 1.40. The summed E-state index contributed by atoms with van der Waals surface area (Å²) in [7, 11) is 0. The third-order valence-corrected chi connectivity index (χ3v) is 7.52. The molecule has 1 aliphatic carbocycles. The Hall–Kier alpha value is -3.06. The summed E-state index contributed by atoms with van der Waals surface area (Å²) in [5.41, 5.74) is 4.70. The van der Waals surface area contributed by atoms with Crippen molar-refractivity contribution >= 4 is 11.7 Å². The highest BCUT2D eigenvalue weighted by molar-refractivity contribution is 5.94. The number of aromatic nitrogens is 1. The van der Waals surface area contributed by atoms with Crippen LogP contribution in [0.1, 0.15) is 87.6 Å². The predicted molar refractivity (Wildman–Crippen MR) is 146 cm³/mol.